The Hall–Kier alpha value is -1.44. The SMILES string of the molecule is CC(C)C1C=C/C(=C/c2ccc[nH]2)N1. The van der Waals surface area contributed by atoms with Crippen molar-refractivity contribution in [3.05, 3.63) is 41.9 Å². The molecule has 0 aromatic carbocycles. The Balaban J connectivity index is 2.07. The second-order valence-electron chi connectivity index (χ2n) is 4.00. The largest absolute Gasteiger partial charge is 0.379 e. The van der Waals surface area contributed by atoms with Crippen molar-refractivity contribution in [1.82, 2.24) is 10.3 Å². The summed E-state index contributed by atoms with van der Waals surface area (Å²) in [5.74, 6) is 0.640. The Morgan fingerprint density at radius 2 is 2.29 bits per heavy atom. The van der Waals surface area contributed by atoms with Gasteiger partial charge < -0.3 is 10.3 Å². The van der Waals surface area contributed by atoms with E-state index in [1.165, 1.54) is 5.70 Å². The lowest BCUT2D eigenvalue weighted by Gasteiger charge is -2.14. The molecule has 1 aliphatic rings. The maximum atomic E-state index is 3.46. The third kappa shape index (κ3) is 1.90. The molecule has 0 amide bonds. The van der Waals surface area contributed by atoms with Crippen molar-refractivity contribution in [2.75, 3.05) is 0 Å². The summed E-state index contributed by atoms with van der Waals surface area (Å²) in [5, 5.41) is 3.46. The summed E-state index contributed by atoms with van der Waals surface area (Å²) < 4.78 is 0. The van der Waals surface area contributed by atoms with Crippen molar-refractivity contribution in [3.63, 3.8) is 0 Å². The van der Waals surface area contributed by atoms with Crippen LogP contribution in [-0.4, -0.2) is 11.0 Å². The Kier molecular flexibility index (Phi) is 2.44. The van der Waals surface area contributed by atoms with Gasteiger partial charge in [0.2, 0.25) is 0 Å². The number of nitrogens with one attached hydrogen (secondary N) is 2. The molecule has 0 saturated heterocycles. The van der Waals surface area contributed by atoms with Crippen LogP contribution in [-0.2, 0) is 0 Å². The number of hydrogen-bond donors (Lipinski definition) is 2. The molecule has 0 bridgehead atoms. The van der Waals surface area contributed by atoms with Crippen molar-refractivity contribution < 1.29 is 0 Å². The van der Waals surface area contributed by atoms with E-state index in [4.69, 9.17) is 0 Å². The van der Waals surface area contributed by atoms with Crippen LogP contribution in [0.4, 0.5) is 0 Å². The fraction of sp³-hybridized carbons (Fsp3) is 0.333. The van der Waals surface area contributed by atoms with Gasteiger partial charge in [0.1, 0.15) is 0 Å². The van der Waals surface area contributed by atoms with E-state index in [0.717, 1.165) is 5.69 Å². The molecule has 1 aromatic heterocycles. The first-order chi connectivity index (χ1) is 6.75. The van der Waals surface area contributed by atoms with Gasteiger partial charge in [0.15, 0.2) is 0 Å². The van der Waals surface area contributed by atoms with E-state index in [9.17, 15) is 0 Å². The molecule has 1 aromatic rings. The van der Waals surface area contributed by atoms with Crippen LogP contribution in [0.25, 0.3) is 6.08 Å². The Bertz CT molecular complexity index is 344. The number of aromatic amines is 1. The first kappa shape index (κ1) is 9.13. The van der Waals surface area contributed by atoms with E-state index in [1.54, 1.807) is 0 Å². The molecule has 1 aliphatic heterocycles. The zero-order valence-corrected chi connectivity index (χ0v) is 8.62. The second-order valence-corrected chi connectivity index (χ2v) is 4.00. The number of aromatic nitrogens is 1. The first-order valence-corrected chi connectivity index (χ1v) is 5.05. The summed E-state index contributed by atoms with van der Waals surface area (Å²) in [6.45, 7) is 4.44. The molecule has 0 aliphatic carbocycles. The number of hydrogen-bond acceptors (Lipinski definition) is 1. The third-order valence-corrected chi connectivity index (χ3v) is 2.47. The lowest BCUT2D eigenvalue weighted by molar-refractivity contribution is 0.522. The molecule has 14 heavy (non-hydrogen) atoms. The lowest BCUT2D eigenvalue weighted by Crippen LogP contribution is -2.26. The Morgan fingerprint density at radius 3 is 2.86 bits per heavy atom. The molecule has 0 fully saturated rings. The number of H-pyrrole nitrogens is 1. The highest BCUT2D eigenvalue weighted by Crippen LogP contribution is 2.15. The molecule has 1 unspecified atom stereocenters. The van der Waals surface area contributed by atoms with Crippen LogP contribution in [0.2, 0.25) is 0 Å². The van der Waals surface area contributed by atoms with Gasteiger partial charge in [0.05, 0.1) is 0 Å². The predicted octanol–water partition coefficient (Wildman–Crippen LogP) is 2.54. The van der Waals surface area contributed by atoms with Crippen LogP contribution in [0.15, 0.2) is 36.2 Å². The summed E-state index contributed by atoms with van der Waals surface area (Å²) in [5.41, 5.74) is 2.33. The molecule has 0 saturated carbocycles. The molecule has 2 nitrogen and oxygen atoms in total. The molecule has 74 valence electrons. The highest BCUT2D eigenvalue weighted by atomic mass is 14.9. The Morgan fingerprint density at radius 1 is 1.43 bits per heavy atom. The molecule has 1 atom stereocenters. The summed E-state index contributed by atoms with van der Waals surface area (Å²) in [6.07, 6.45) is 8.43. The van der Waals surface area contributed by atoms with Gasteiger partial charge in [-0.05, 0) is 30.2 Å². The van der Waals surface area contributed by atoms with E-state index in [-0.39, 0.29) is 0 Å². The summed E-state index contributed by atoms with van der Waals surface area (Å²) in [4.78, 5) is 3.16. The van der Waals surface area contributed by atoms with E-state index in [0.29, 0.717) is 12.0 Å². The minimum Gasteiger partial charge on any atom is -0.379 e. The van der Waals surface area contributed by atoms with E-state index in [2.05, 4.69) is 48.4 Å². The number of allylic oxidation sites excluding steroid dienone is 1. The maximum absolute atomic E-state index is 3.46. The van der Waals surface area contributed by atoms with Gasteiger partial charge in [-0.15, -0.1) is 0 Å². The highest BCUT2D eigenvalue weighted by molar-refractivity contribution is 5.53. The van der Waals surface area contributed by atoms with Gasteiger partial charge in [0, 0.05) is 23.6 Å². The smallest absolute Gasteiger partial charge is 0.0471 e. The molecule has 2 heterocycles. The normalized spacial score (nSPS) is 23.4. The van der Waals surface area contributed by atoms with Gasteiger partial charge in [-0.25, -0.2) is 0 Å². The summed E-state index contributed by atoms with van der Waals surface area (Å²) in [7, 11) is 0. The minimum atomic E-state index is 0.483. The zero-order valence-electron chi connectivity index (χ0n) is 8.62. The lowest BCUT2D eigenvalue weighted by atomic mass is 10.1. The van der Waals surface area contributed by atoms with Gasteiger partial charge in [-0.2, -0.15) is 0 Å². The van der Waals surface area contributed by atoms with Gasteiger partial charge in [0.25, 0.3) is 0 Å². The molecular formula is C12H16N2. The quantitative estimate of drug-likeness (QED) is 0.733. The molecular weight excluding hydrogens is 172 g/mol. The topological polar surface area (TPSA) is 27.8 Å². The van der Waals surface area contributed by atoms with Crippen LogP contribution in [0.1, 0.15) is 19.5 Å². The van der Waals surface area contributed by atoms with Crippen molar-refractivity contribution in [2.45, 2.75) is 19.9 Å². The van der Waals surface area contributed by atoms with E-state index in [1.807, 2.05) is 12.3 Å². The summed E-state index contributed by atoms with van der Waals surface area (Å²) in [6, 6.07) is 4.55. The van der Waals surface area contributed by atoms with Crippen LogP contribution >= 0.6 is 0 Å². The van der Waals surface area contributed by atoms with Crippen molar-refractivity contribution >= 4 is 6.08 Å². The standard InChI is InChI=1S/C12H16N2/c1-9(2)12-6-5-11(14-12)8-10-4-3-7-13-10/h3-9,12-14H,1-2H3/b11-8-. The third-order valence-electron chi connectivity index (χ3n) is 2.47. The first-order valence-electron chi connectivity index (χ1n) is 5.05. The summed E-state index contributed by atoms with van der Waals surface area (Å²) >= 11 is 0. The Labute approximate surface area is 84.7 Å². The van der Waals surface area contributed by atoms with Crippen LogP contribution < -0.4 is 5.32 Å². The molecule has 0 radical (unpaired) electrons. The monoisotopic (exact) mass is 188 g/mol. The zero-order chi connectivity index (χ0) is 9.97. The van der Waals surface area contributed by atoms with Crippen LogP contribution in [0.3, 0.4) is 0 Å². The van der Waals surface area contributed by atoms with E-state index >= 15 is 0 Å². The molecule has 2 rings (SSSR count). The van der Waals surface area contributed by atoms with Crippen molar-refractivity contribution in [1.29, 1.82) is 0 Å². The fourth-order valence-electron chi connectivity index (χ4n) is 1.58. The highest BCUT2D eigenvalue weighted by Gasteiger charge is 2.14. The van der Waals surface area contributed by atoms with Gasteiger partial charge in [-0.3, -0.25) is 0 Å². The maximum Gasteiger partial charge on any atom is 0.0471 e. The van der Waals surface area contributed by atoms with E-state index < -0.39 is 0 Å². The minimum absolute atomic E-state index is 0.483. The average Bonchev–Trinajstić information content (AvgIpc) is 2.75. The van der Waals surface area contributed by atoms with Crippen molar-refractivity contribution in [3.8, 4) is 0 Å². The van der Waals surface area contributed by atoms with Crippen LogP contribution in [0.5, 0.6) is 0 Å². The van der Waals surface area contributed by atoms with Crippen LogP contribution in [0, 0.1) is 5.92 Å². The van der Waals surface area contributed by atoms with Gasteiger partial charge in [-0.1, -0.05) is 19.9 Å². The van der Waals surface area contributed by atoms with Gasteiger partial charge >= 0.3 is 0 Å². The average molecular weight is 188 g/mol. The molecule has 2 heteroatoms. The second kappa shape index (κ2) is 3.74. The predicted molar refractivity (Wildman–Crippen MR) is 59.7 cm³/mol. The fourth-order valence-corrected chi connectivity index (χ4v) is 1.58. The molecule has 2 N–H and O–H groups in total. The molecule has 0 spiro atoms. The van der Waals surface area contributed by atoms with Crippen molar-refractivity contribution in [2.24, 2.45) is 5.92 Å². The number of rotatable bonds is 2.